The number of nitriles is 1. The molecule has 7 nitrogen and oxygen atoms in total. The molecule has 0 atom stereocenters. The molecule has 1 aromatic heterocycles. The third-order valence-corrected chi connectivity index (χ3v) is 4.77. The summed E-state index contributed by atoms with van der Waals surface area (Å²) < 4.78 is 0. The smallest absolute Gasteiger partial charge is 0.251 e. The van der Waals surface area contributed by atoms with Gasteiger partial charge in [-0.15, -0.1) is 0 Å². The van der Waals surface area contributed by atoms with Gasteiger partial charge in [0.15, 0.2) is 0 Å². The molecule has 2 aromatic rings. The predicted octanol–water partition coefficient (Wildman–Crippen LogP) is 2.57. The van der Waals surface area contributed by atoms with Gasteiger partial charge in [0.05, 0.1) is 11.6 Å². The van der Waals surface area contributed by atoms with Gasteiger partial charge in [-0.3, -0.25) is 4.79 Å². The molecule has 2 N–H and O–H groups in total. The molecule has 1 fully saturated rings. The molecule has 7 heteroatoms. The van der Waals surface area contributed by atoms with Crippen molar-refractivity contribution in [2.24, 2.45) is 0 Å². The fraction of sp³-hybridized carbons (Fsp3) is 0.400. The van der Waals surface area contributed by atoms with Crippen LogP contribution >= 0.6 is 0 Å². The van der Waals surface area contributed by atoms with Gasteiger partial charge in [0.2, 0.25) is 5.95 Å². The van der Waals surface area contributed by atoms with Crippen molar-refractivity contribution in [3.05, 3.63) is 47.7 Å². The second-order valence-corrected chi connectivity index (χ2v) is 6.99. The molecular formula is C20H24N6O. The van der Waals surface area contributed by atoms with Gasteiger partial charge >= 0.3 is 0 Å². The minimum absolute atomic E-state index is 0.0853. The summed E-state index contributed by atoms with van der Waals surface area (Å²) in [6, 6.07) is 11.1. The van der Waals surface area contributed by atoms with Crippen molar-refractivity contribution in [3.8, 4) is 6.07 Å². The summed E-state index contributed by atoms with van der Waals surface area (Å²) in [5, 5.41) is 15.3. The zero-order chi connectivity index (χ0) is 19.2. The maximum absolute atomic E-state index is 12.4. The number of carbonyl (C=O) groups is 1. The van der Waals surface area contributed by atoms with Gasteiger partial charge in [0.25, 0.3) is 5.91 Å². The Hall–Kier alpha value is -3.14. The summed E-state index contributed by atoms with van der Waals surface area (Å²) in [6.07, 6.45) is 5.48. The molecule has 1 aromatic carbocycles. The van der Waals surface area contributed by atoms with Crippen LogP contribution in [0.4, 0.5) is 11.8 Å². The van der Waals surface area contributed by atoms with Crippen molar-refractivity contribution < 1.29 is 4.79 Å². The number of hydrogen-bond donors (Lipinski definition) is 2. The van der Waals surface area contributed by atoms with E-state index in [4.69, 9.17) is 5.26 Å². The third kappa shape index (κ3) is 4.94. The Morgan fingerprint density at radius 1 is 1.11 bits per heavy atom. The van der Waals surface area contributed by atoms with E-state index in [-0.39, 0.29) is 11.9 Å². The van der Waals surface area contributed by atoms with Gasteiger partial charge in [-0.2, -0.15) is 10.2 Å². The molecule has 3 rings (SSSR count). The Kier molecular flexibility index (Phi) is 5.87. The number of hydrogen-bond acceptors (Lipinski definition) is 6. The quantitative estimate of drug-likeness (QED) is 0.847. The molecule has 1 saturated carbocycles. The van der Waals surface area contributed by atoms with Gasteiger partial charge in [0.1, 0.15) is 5.82 Å². The van der Waals surface area contributed by atoms with Crippen LogP contribution in [0.5, 0.6) is 0 Å². The Bertz CT molecular complexity index is 819. The van der Waals surface area contributed by atoms with E-state index in [1.807, 2.05) is 25.1 Å². The summed E-state index contributed by atoms with van der Waals surface area (Å²) in [7, 11) is 3.90. The topological polar surface area (TPSA) is 93.9 Å². The minimum atomic E-state index is -0.0853. The largest absolute Gasteiger partial charge is 0.363 e. The van der Waals surface area contributed by atoms with Crippen LogP contribution in [0.2, 0.25) is 0 Å². The van der Waals surface area contributed by atoms with Crippen molar-refractivity contribution in [2.75, 3.05) is 24.3 Å². The zero-order valence-electron chi connectivity index (χ0n) is 15.6. The average molecular weight is 364 g/mol. The minimum Gasteiger partial charge on any atom is -0.363 e. The molecule has 0 spiro atoms. The highest BCUT2D eigenvalue weighted by atomic mass is 16.1. The number of rotatable bonds is 5. The first-order valence-electron chi connectivity index (χ1n) is 9.13. The van der Waals surface area contributed by atoms with Crippen LogP contribution in [0.1, 0.15) is 41.6 Å². The number of benzene rings is 1. The van der Waals surface area contributed by atoms with Crippen molar-refractivity contribution in [3.63, 3.8) is 0 Å². The van der Waals surface area contributed by atoms with E-state index in [9.17, 15) is 4.79 Å². The van der Waals surface area contributed by atoms with Crippen LogP contribution in [0.3, 0.4) is 0 Å². The van der Waals surface area contributed by atoms with E-state index in [0.29, 0.717) is 23.1 Å². The van der Waals surface area contributed by atoms with Gasteiger partial charge in [-0.25, -0.2) is 4.98 Å². The fourth-order valence-corrected chi connectivity index (χ4v) is 3.20. The third-order valence-electron chi connectivity index (χ3n) is 4.77. The Labute approximate surface area is 159 Å². The fourth-order valence-electron chi connectivity index (χ4n) is 3.20. The predicted molar refractivity (Wildman–Crippen MR) is 105 cm³/mol. The SMILES string of the molecule is CN(C)c1ccnc(NC2CCC(NC(=O)c3ccc(C#N)cc3)CC2)n1. The number of anilines is 2. The molecule has 0 saturated heterocycles. The van der Waals surface area contributed by atoms with Crippen molar-refractivity contribution >= 4 is 17.7 Å². The molecule has 1 aliphatic rings. The number of aromatic nitrogens is 2. The summed E-state index contributed by atoms with van der Waals surface area (Å²) in [6.45, 7) is 0. The van der Waals surface area contributed by atoms with E-state index < -0.39 is 0 Å². The molecule has 0 aliphatic heterocycles. The Morgan fingerprint density at radius 2 is 1.78 bits per heavy atom. The molecule has 0 radical (unpaired) electrons. The number of carbonyl (C=O) groups excluding carboxylic acids is 1. The van der Waals surface area contributed by atoms with Crippen LogP contribution in [0.25, 0.3) is 0 Å². The maximum Gasteiger partial charge on any atom is 0.251 e. The lowest BCUT2D eigenvalue weighted by atomic mass is 9.91. The molecule has 140 valence electrons. The number of amides is 1. The highest BCUT2D eigenvalue weighted by Crippen LogP contribution is 2.22. The van der Waals surface area contributed by atoms with Crippen LogP contribution in [0, 0.1) is 11.3 Å². The maximum atomic E-state index is 12.4. The molecule has 1 heterocycles. The number of nitrogens with zero attached hydrogens (tertiary/aromatic N) is 4. The van der Waals surface area contributed by atoms with E-state index in [0.717, 1.165) is 31.5 Å². The molecular weight excluding hydrogens is 340 g/mol. The summed E-state index contributed by atoms with van der Waals surface area (Å²) in [5.41, 5.74) is 1.14. The summed E-state index contributed by atoms with van der Waals surface area (Å²) in [4.78, 5) is 23.1. The van der Waals surface area contributed by atoms with Crippen LogP contribution < -0.4 is 15.5 Å². The van der Waals surface area contributed by atoms with Gasteiger partial charge in [-0.05, 0) is 56.0 Å². The monoisotopic (exact) mass is 364 g/mol. The highest BCUT2D eigenvalue weighted by Gasteiger charge is 2.23. The van der Waals surface area contributed by atoms with Crippen molar-refractivity contribution in [2.45, 2.75) is 37.8 Å². The first-order valence-corrected chi connectivity index (χ1v) is 9.13. The van der Waals surface area contributed by atoms with Crippen LogP contribution in [-0.4, -0.2) is 42.1 Å². The molecule has 1 amide bonds. The molecule has 0 bridgehead atoms. The van der Waals surface area contributed by atoms with Gasteiger partial charge < -0.3 is 15.5 Å². The Morgan fingerprint density at radius 3 is 2.41 bits per heavy atom. The normalized spacial score (nSPS) is 19.0. The van der Waals surface area contributed by atoms with Crippen LogP contribution in [-0.2, 0) is 0 Å². The van der Waals surface area contributed by atoms with Crippen molar-refractivity contribution in [1.82, 2.24) is 15.3 Å². The highest BCUT2D eigenvalue weighted by molar-refractivity contribution is 5.94. The number of nitrogens with one attached hydrogen (secondary N) is 2. The van der Waals surface area contributed by atoms with E-state index in [2.05, 4.69) is 26.7 Å². The molecule has 0 unspecified atom stereocenters. The standard InChI is InChI=1S/C20H24N6O/c1-26(2)18-11-12-22-20(25-18)24-17-9-7-16(8-10-17)23-19(27)15-5-3-14(13-21)4-6-15/h3-6,11-12,16-17H,7-10H2,1-2H3,(H,23,27)(H,22,24,25). The summed E-state index contributed by atoms with van der Waals surface area (Å²) >= 11 is 0. The molecule has 27 heavy (non-hydrogen) atoms. The zero-order valence-corrected chi connectivity index (χ0v) is 15.6. The second-order valence-electron chi connectivity index (χ2n) is 6.99. The lowest BCUT2D eigenvalue weighted by Gasteiger charge is -2.29. The second kappa shape index (κ2) is 8.49. The van der Waals surface area contributed by atoms with Crippen molar-refractivity contribution in [1.29, 1.82) is 5.26 Å². The lowest BCUT2D eigenvalue weighted by Crippen LogP contribution is -2.40. The van der Waals surface area contributed by atoms with E-state index in [1.54, 1.807) is 30.5 Å². The van der Waals surface area contributed by atoms with E-state index in [1.165, 1.54) is 0 Å². The summed E-state index contributed by atoms with van der Waals surface area (Å²) in [5.74, 6) is 1.43. The molecule has 1 aliphatic carbocycles. The lowest BCUT2D eigenvalue weighted by molar-refractivity contribution is 0.0926. The Balaban J connectivity index is 1.49. The average Bonchev–Trinajstić information content (AvgIpc) is 2.69. The van der Waals surface area contributed by atoms with E-state index >= 15 is 0 Å². The first-order chi connectivity index (χ1) is 13.0. The van der Waals surface area contributed by atoms with Crippen LogP contribution in [0.15, 0.2) is 36.5 Å². The first kappa shape index (κ1) is 18.6. The van der Waals surface area contributed by atoms with Gasteiger partial charge in [-0.1, -0.05) is 0 Å². The van der Waals surface area contributed by atoms with Gasteiger partial charge in [0, 0.05) is 37.9 Å².